The molecule has 1 unspecified atom stereocenters. The lowest BCUT2D eigenvalue weighted by molar-refractivity contribution is -0.113. The van der Waals surface area contributed by atoms with Crippen LogP contribution in [0.3, 0.4) is 0 Å². The Kier molecular flexibility index (Phi) is 5.98. The van der Waals surface area contributed by atoms with Crippen molar-refractivity contribution in [3.8, 4) is 11.5 Å². The number of aryl methyl sites for hydroxylation is 1. The summed E-state index contributed by atoms with van der Waals surface area (Å²) in [4.78, 5) is 25.8. The van der Waals surface area contributed by atoms with Crippen LogP contribution in [-0.4, -0.2) is 38.9 Å². The van der Waals surface area contributed by atoms with Crippen molar-refractivity contribution in [2.75, 3.05) is 17.7 Å². The second kappa shape index (κ2) is 9.06. The number of thioether (sulfide) groups is 1. The topological polar surface area (TPSA) is 121 Å². The number of hydrogen-bond donors (Lipinski definition) is 2. The van der Waals surface area contributed by atoms with Crippen LogP contribution in [0.15, 0.2) is 29.4 Å². The number of amides is 2. The summed E-state index contributed by atoms with van der Waals surface area (Å²) in [5.41, 5.74) is 7.07. The molecular weight excluding hydrogens is 462 g/mol. The normalized spacial score (nSPS) is 16.8. The SMILES string of the molecule is Cn1c(SCC(=O)Nc2sc3c(c2C(N)=O)CCCC3)nnc1C1COc2ccccc2O1. The average Bonchev–Trinajstić information content (AvgIpc) is 3.37. The fraction of sp³-hybridized carbons (Fsp3) is 0.364. The lowest BCUT2D eigenvalue weighted by atomic mass is 9.95. The third kappa shape index (κ3) is 4.30. The fourth-order valence-corrected chi connectivity index (χ4v) is 6.12. The number of rotatable bonds is 6. The van der Waals surface area contributed by atoms with E-state index in [1.54, 1.807) is 4.57 Å². The third-order valence-electron chi connectivity index (χ3n) is 5.67. The van der Waals surface area contributed by atoms with E-state index in [9.17, 15) is 9.59 Å². The van der Waals surface area contributed by atoms with Gasteiger partial charge in [-0.2, -0.15) is 0 Å². The first-order valence-corrected chi connectivity index (χ1v) is 12.5. The largest absolute Gasteiger partial charge is 0.485 e. The number of nitrogens with two attached hydrogens (primary N) is 1. The Morgan fingerprint density at radius 1 is 1.24 bits per heavy atom. The van der Waals surface area contributed by atoms with E-state index in [1.807, 2.05) is 31.3 Å². The van der Waals surface area contributed by atoms with Crippen LogP contribution in [0.1, 0.15) is 45.6 Å². The van der Waals surface area contributed by atoms with Crippen LogP contribution in [-0.2, 0) is 24.7 Å². The Morgan fingerprint density at radius 3 is 2.85 bits per heavy atom. The number of fused-ring (bicyclic) bond motifs is 2. The van der Waals surface area contributed by atoms with Crippen molar-refractivity contribution >= 4 is 39.9 Å². The molecule has 0 bridgehead atoms. The van der Waals surface area contributed by atoms with E-state index in [0.29, 0.717) is 39.7 Å². The highest BCUT2D eigenvalue weighted by molar-refractivity contribution is 7.99. The van der Waals surface area contributed by atoms with E-state index in [1.165, 1.54) is 23.1 Å². The van der Waals surface area contributed by atoms with E-state index in [0.717, 1.165) is 36.1 Å². The summed E-state index contributed by atoms with van der Waals surface area (Å²) in [7, 11) is 1.83. The lowest BCUT2D eigenvalue weighted by Gasteiger charge is -2.25. The molecule has 172 valence electrons. The van der Waals surface area contributed by atoms with Gasteiger partial charge in [-0.3, -0.25) is 9.59 Å². The summed E-state index contributed by atoms with van der Waals surface area (Å²) in [5.74, 6) is 1.39. The van der Waals surface area contributed by atoms with Crippen LogP contribution in [0.25, 0.3) is 0 Å². The van der Waals surface area contributed by atoms with Crippen molar-refractivity contribution in [2.24, 2.45) is 12.8 Å². The Bertz CT molecular complexity index is 1220. The predicted molar refractivity (Wildman–Crippen MR) is 125 cm³/mol. The zero-order chi connectivity index (χ0) is 22.9. The Balaban J connectivity index is 1.24. The Labute approximate surface area is 198 Å². The second-order valence-electron chi connectivity index (χ2n) is 7.88. The van der Waals surface area contributed by atoms with Gasteiger partial charge >= 0.3 is 0 Å². The minimum atomic E-state index is -0.494. The van der Waals surface area contributed by atoms with Gasteiger partial charge in [-0.05, 0) is 43.4 Å². The first-order valence-electron chi connectivity index (χ1n) is 10.7. The van der Waals surface area contributed by atoms with E-state index < -0.39 is 12.0 Å². The molecule has 1 atom stereocenters. The molecule has 11 heteroatoms. The molecule has 1 aliphatic carbocycles. The molecule has 0 saturated carbocycles. The van der Waals surface area contributed by atoms with Crippen molar-refractivity contribution in [3.05, 3.63) is 46.1 Å². The molecule has 0 spiro atoms. The number of aromatic nitrogens is 3. The van der Waals surface area contributed by atoms with Gasteiger partial charge in [-0.15, -0.1) is 21.5 Å². The number of primary amides is 1. The number of nitrogens with zero attached hydrogens (tertiary/aromatic N) is 3. The highest BCUT2D eigenvalue weighted by atomic mass is 32.2. The van der Waals surface area contributed by atoms with Gasteiger partial charge < -0.3 is 25.1 Å². The first kappa shape index (κ1) is 21.8. The van der Waals surface area contributed by atoms with Gasteiger partial charge in [0.2, 0.25) is 5.91 Å². The molecule has 2 aliphatic rings. The number of hydrogen-bond acceptors (Lipinski definition) is 8. The molecule has 2 aromatic heterocycles. The maximum atomic E-state index is 12.7. The Hall–Kier alpha value is -3.05. The molecule has 2 amide bonds. The second-order valence-corrected chi connectivity index (χ2v) is 9.93. The molecule has 9 nitrogen and oxygen atoms in total. The minimum Gasteiger partial charge on any atom is -0.485 e. The summed E-state index contributed by atoms with van der Waals surface area (Å²) in [5, 5.41) is 12.5. The van der Waals surface area contributed by atoms with E-state index in [-0.39, 0.29) is 11.7 Å². The van der Waals surface area contributed by atoms with Gasteiger partial charge in [0, 0.05) is 11.9 Å². The van der Waals surface area contributed by atoms with Crippen LogP contribution in [0.2, 0.25) is 0 Å². The van der Waals surface area contributed by atoms with E-state index >= 15 is 0 Å². The number of para-hydroxylation sites is 2. The monoisotopic (exact) mass is 485 g/mol. The van der Waals surface area contributed by atoms with Gasteiger partial charge in [0.1, 0.15) is 11.6 Å². The molecule has 3 heterocycles. The molecule has 1 aromatic carbocycles. The van der Waals surface area contributed by atoms with Crippen LogP contribution < -0.4 is 20.5 Å². The summed E-state index contributed by atoms with van der Waals surface area (Å²) in [6, 6.07) is 7.48. The van der Waals surface area contributed by atoms with Crippen molar-refractivity contribution in [1.29, 1.82) is 0 Å². The zero-order valence-corrected chi connectivity index (χ0v) is 19.6. The molecular formula is C22H23N5O4S2. The summed E-state index contributed by atoms with van der Waals surface area (Å²) < 4.78 is 13.6. The molecule has 0 fully saturated rings. The highest BCUT2D eigenvalue weighted by Crippen LogP contribution is 2.38. The van der Waals surface area contributed by atoms with Crippen molar-refractivity contribution in [2.45, 2.75) is 36.9 Å². The van der Waals surface area contributed by atoms with Crippen molar-refractivity contribution in [3.63, 3.8) is 0 Å². The highest BCUT2D eigenvalue weighted by Gasteiger charge is 2.28. The van der Waals surface area contributed by atoms with Crippen molar-refractivity contribution < 1.29 is 19.1 Å². The number of thiophene rings is 1. The molecule has 5 rings (SSSR count). The standard InChI is InChI=1S/C22H23N5O4S2/c1-27-20(15-10-30-13-7-3-4-8-14(13)31-15)25-26-22(27)32-11-17(28)24-21-18(19(23)29)12-6-2-5-9-16(12)33-21/h3-4,7-8,15H,2,5-6,9-11H2,1H3,(H2,23,29)(H,24,28). The third-order valence-corrected chi connectivity index (χ3v) is 7.90. The van der Waals surface area contributed by atoms with Crippen LogP contribution in [0, 0.1) is 0 Å². The number of ether oxygens (including phenoxy) is 2. The molecule has 3 N–H and O–H groups in total. The van der Waals surface area contributed by atoms with Gasteiger partial charge in [0.25, 0.3) is 5.91 Å². The Morgan fingerprint density at radius 2 is 2.03 bits per heavy atom. The molecule has 1 aliphatic heterocycles. The van der Waals surface area contributed by atoms with E-state index in [2.05, 4.69) is 15.5 Å². The summed E-state index contributed by atoms with van der Waals surface area (Å²) in [6.45, 7) is 0.326. The smallest absolute Gasteiger partial charge is 0.251 e. The minimum absolute atomic E-state index is 0.123. The summed E-state index contributed by atoms with van der Waals surface area (Å²) in [6.07, 6.45) is 3.47. The summed E-state index contributed by atoms with van der Waals surface area (Å²) >= 11 is 2.72. The van der Waals surface area contributed by atoms with Gasteiger partial charge in [0.05, 0.1) is 11.3 Å². The van der Waals surface area contributed by atoms with Crippen LogP contribution >= 0.6 is 23.1 Å². The first-order chi connectivity index (χ1) is 16.0. The van der Waals surface area contributed by atoms with E-state index in [4.69, 9.17) is 15.2 Å². The lowest BCUT2D eigenvalue weighted by Crippen LogP contribution is -2.24. The molecule has 3 aromatic rings. The fourth-order valence-electron chi connectivity index (χ4n) is 4.09. The quantitative estimate of drug-likeness (QED) is 0.515. The number of benzene rings is 1. The predicted octanol–water partition coefficient (Wildman–Crippen LogP) is 3.10. The number of anilines is 1. The molecule has 33 heavy (non-hydrogen) atoms. The zero-order valence-electron chi connectivity index (χ0n) is 18.0. The maximum Gasteiger partial charge on any atom is 0.251 e. The molecule has 0 saturated heterocycles. The van der Waals surface area contributed by atoms with Gasteiger partial charge in [-0.25, -0.2) is 0 Å². The van der Waals surface area contributed by atoms with Crippen LogP contribution in [0.5, 0.6) is 11.5 Å². The van der Waals surface area contributed by atoms with Gasteiger partial charge in [0.15, 0.2) is 28.6 Å². The number of carbonyl (C=O) groups excluding carboxylic acids is 2. The van der Waals surface area contributed by atoms with Crippen molar-refractivity contribution in [1.82, 2.24) is 14.8 Å². The average molecular weight is 486 g/mol. The van der Waals surface area contributed by atoms with Crippen LogP contribution in [0.4, 0.5) is 5.00 Å². The number of carbonyl (C=O) groups is 2. The molecule has 0 radical (unpaired) electrons. The maximum absolute atomic E-state index is 12.7. The van der Waals surface area contributed by atoms with Gasteiger partial charge in [-0.1, -0.05) is 23.9 Å². The number of nitrogens with one attached hydrogen (secondary N) is 1.